The Hall–Kier alpha value is -2.27. The van der Waals surface area contributed by atoms with Gasteiger partial charge in [-0.15, -0.1) is 0 Å². The Morgan fingerprint density at radius 3 is 2.76 bits per heavy atom. The van der Waals surface area contributed by atoms with Crippen LogP contribution in [0.15, 0.2) is 48.7 Å². The summed E-state index contributed by atoms with van der Waals surface area (Å²) in [5.41, 5.74) is 1.07. The molecule has 1 amide bonds. The molecule has 110 valence electrons. The van der Waals surface area contributed by atoms with E-state index in [1.165, 1.54) is 18.3 Å². The molecule has 0 bridgehead atoms. The quantitative estimate of drug-likeness (QED) is 0.629. The fourth-order valence-electron chi connectivity index (χ4n) is 1.79. The number of hydrogen-bond acceptors (Lipinski definition) is 3. The molecule has 0 radical (unpaired) electrons. The molecular formula is C16H17FN2O2. The van der Waals surface area contributed by atoms with Crippen LogP contribution in [-0.2, 0) is 11.3 Å². The largest absolute Gasteiger partial charge is 0.377 e. The highest BCUT2D eigenvalue weighted by Crippen LogP contribution is 2.03. The van der Waals surface area contributed by atoms with E-state index in [1.807, 2.05) is 30.3 Å². The predicted molar refractivity (Wildman–Crippen MR) is 77.2 cm³/mol. The van der Waals surface area contributed by atoms with Crippen molar-refractivity contribution in [3.63, 3.8) is 0 Å². The van der Waals surface area contributed by atoms with E-state index in [0.717, 1.165) is 5.56 Å². The average Bonchev–Trinajstić information content (AvgIpc) is 2.52. The van der Waals surface area contributed by atoms with Crippen LogP contribution in [0.2, 0.25) is 0 Å². The molecule has 0 aliphatic rings. The Morgan fingerprint density at radius 1 is 1.19 bits per heavy atom. The van der Waals surface area contributed by atoms with Crippen molar-refractivity contribution in [2.24, 2.45) is 0 Å². The van der Waals surface area contributed by atoms with Crippen LogP contribution in [0.5, 0.6) is 0 Å². The summed E-state index contributed by atoms with van der Waals surface area (Å²) >= 11 is 0. The fourth-order valence-corrected chi connectivity index (χ4v) is 1.79. The number of hydrogen-bond donors (Lipinski definition) is 1. The van der Waals surface area contributed by atoms with Gasteiger partial charge in [-0.1, -0.05) is 30.3 Å². The first-order valence-electron chi connectivity index (χ1n) is 6.78. The first-order valence-corrected chi connectivity index (χ1v) is 6.78. The van der Waals surface area contributed by atoms with Gasteiger partial charge in [0, 0.05) is 19.3 Å². The van der Waals surface area contributed by atoms with Gasteiger partial charge in [-0.3, -0.25) is 4.79 Å². The van der Waals surface area contributed by atoms with Gasteiger partial charge in [-0.05, 0) is 24.1 Å². The van der Waals surface area contributed by atoms with Crippen molar-refractivity contribution in [2.75, 3.05) is 13.2 Å². The molecule has 4 nitrogen and oxygen atoms in total. The zero-order chi connectivity index (χ0) is 14.9. The van der Waals surface area contributed by atoms with E-state index in [9.17, 15) is 9.18 Å². The molecule has 0 saturated carbocycles. The second-order valence-corrected chi connectivity index (χ2v) is 4.49. The highest BCUT2D eigenvalue weighted by Gasteiger charge is 2.10. The number of carbonyl (C=O) groups excluding carboxylic acids is 1. The Kier molecular flexibility index (Phi) is 5.84. The van der Waals surface area contributed by atoms with Gasteiger partial charge in [0.1, 0.15) is 0 Å². The number of nitrogens with one attached hydrogen (secondary N) is 1. The third kappa shape index (κ3) is 4.96. The summed E-state index contributed by atoms with van der Waals surface area (Å²) in [4.78, 5) is 15.1. The van der Waals surface area contributed by atoms with Gasteiger partial charge in [0.25, 0.3) is 5.91 Å². The molecule has 21 heavy (non-hydrogen) atoms. The molecule has 0 fully saturated rings. The molecule has 0 aliphatic heterocycles. The third-order valence-electron chi connectivity index (χ3n) is 2.87. The van der Waals surface area contributed by atoms with Crippen LogP contribution in [0.4, 0.5) is 4.39 Å². The summed E-state index contributed by atoms with van der Waals surface area (Å²) in [5, 5.41) is 2.64. The number of pyridine rings is 1. The minimum Gasteiger partial charge on any atom is -0.377 e. The van der Waals surface area contributed by atoms with Crippen LogP contribution >= 0.6 is 0 Å². The van der Waals surface area contributed by atoms with Crippen molar-refractivity contribution in [3.05, 3.63) is 65.7 Å². The van der Waals surface area contributed by atoms with Gasteiger partial charge < -0.3 is 10.1 Å². The SMILES string of the molecule is O=C(NCCCOCc1ccccc1)c1cccnc1F. The Morgan fingerprint density at radius 2 is 2.00 bits per heavy atom. The lowest BCUT2D eigenvalue weighted by Gasteiger charge is -2.06. The summed E-state index contributed by atoms with van der Waals surface area (Å²) in [6.45, 7) is 1.51. The van der Waals surface area contributed by atoms with Gasteiger partial charge >= 0.3 is 0 Å². The zero-order valence-electron chi connectivity index (χ0n) is 11.6. The second-order valence-electron chi connectivity index (χ2n) is 4.49. The van der Waals surface area contributed by atoms with Crippen molar-refractivity contribution < 1.29 is 13.9 Å². The fraction of sp³-hybridized carbons (Fsp3) is 0.250. The van der Waals surface area contributed by atoms with Crippen molar-refractivity contribution in [3.8, 4) is 0 Å². The maximum Gasteiger partial charge on any atom is 0.255 e. The van der Waals surface area contributed by atoms with Crippen LogP contribution in [0.3, 0.4) is 0 Å². The third-order valence-corrected chi connectivity index (χ3v) is 2.87. The monoisotopic (exact) mass is 288 g/mol. The topological polar surface area (TPSA) is 51.2 Å². The van der Waals surface area contributed by atoms with Crippen molar-refractivity contribution >= 4 is 5.91 Å². The lowest BCUT2D eigenvalue weighted by atomic mass is 10.2. The summed E-state index contributed by atoms with van der Waals surface area (Å²) in [6.07, 6.45) is 1.98. The smallest absolute Gasteiger partial charge is 0.255 e. The molecule has 0 aliphatic carbocycles. The van der Waals surface area contributed by atoms with Gasteiger partial charge in [0.15, 0.2) is 0 Å². The Labute approximate surface area is 123 Å². The molecule has 1 heterocycles. The van der Waals surface area contributed by atoms with Gasteiger partial charge in [-0.2, -0.15) is 4.39 Å². The Bertz CT molecular complexity index is 575. The van der Waals surface area contributed by atoms with Gasteiger partial charge in [0.2, 0.25) is 5.95 Å². The molecule has 1 aromatic carbocycles. The highest BCUT2D eigenvalue weighted by atomic mass is 19.1. The Balaban J connectivity index is 1.62. The molecule has 2 rings (SSSR count). The summed E-state index contributed by atoms with van der Waals surface area (Å²) < 4.78 is 18.8. The summed E-state index contributed by atoms with van der Waals surface area (Å²) in [6, 6.07) is 12.8. The first-order chi connectivity index (χ1) is 10.3. The summed E-state index contributed by atoms with van der Waals surface area (Å²) in [5.74, 6) is -1.21. The number of amides is 1. The van der Waals surface area contributed by atoms with Crippen LogP contribution in [0.25, 0.3) is 0 Å². The van der Waals surface area contributed by atoms with Crippen LogP contribution in [-0.4, -0.2) is 24.0 Å². The molecule has 0 atom stereocenters. The predicted octanol–water partition coefficient (Wildman–Crippen LogP) is 2.56. The molecule has 0 unspecified atom stereocenters. The molecular weight excluding hydrogens is 271 g/mol. The first kappa shape index (κ1) is 15.1. The zero-order valence-corrected chi connectivity index (χ0v) is 11.6. The van der Waals surface area contributed by atoms with E-state index >= 15 is 0 Å². The molecule has 2 aromatic rings. The minimum absolute atomic E-state index is 0.0392. The molecule has 1 N–H and O–H groups in total. The van der Waals surface area contributed by atoms with Crippen LogP contribution < -0.4 is 5.32 Å². The average molecular weight is 288 g/mol. The molecule has 5 heteroatoms. The van der Waals surface area contributed by atoms with E-state index in [4.69, 9.17) is 4.74 Å². The number of halogens is 1. The lowest BCUT2D eigenvalue weighted by molar-refractivity contribution is 0.0930. The maximum atomic E-state index is 13.3. The number of carbonyl (C=O) groups is 1. The maximum absolute atomic E-state index is 13.3. The van der Waals surface area contributed by atoms with Crippen molar-refractivity contribution in [1.29, 1.82) is 0 Å². The number of aromatic nitrogens is 1. The van der Waals surface area contributed by atoms with Crippen LogP contribution in [0, 0.1) is 5.95 Å². The van der Waals surface area contributed by atoms with E-state index in [1.54, 1.807) is 0 Å². The normalized spacial score (nSPS) is 10.3. The number of rotatable bonds is 7. The van der Waals surface area contributed by atoms with E-state index in [0.29, 0.717) is 26.2 Å². The number of benzene rings is 1. The van der Waals surface area contributed by atoms with Crippen molar-refractivity contribution in [2.45, 2.75) is 13.0 Å². The lowest BCUT2D eigenvalue weighted by Crippen LogP contribution is -2.26. The number of ether oxygens (including phenoxy) is 1. The van der Waals surface area contributed by atoms with E-state index < -0.39 is 11.9 Å². The highest BCUT2D eigenvalue weighted by molar-refractivity contribution is 5.94. The molecule has 0 saturated heterocycles. The standard InChI is InChI=1S/C16H17FN2O2/c17-15-14(8-4-9-18-15)16(20)19-10-5-11-21-12-13-6-2-1-3-7-13/h1-4,6-9H,5,10-12H2,(H,19,20). The van der Waals surface area contributed by atoms with Gasteiger partial charge in [0.05, 0.1) is 12.2 Å². The minimum atomic E-state index is -0.754. The molecule has 1 aromatic heterocycles. The van der Waals surface area contributed by atoms with E-state index in [2.05, 4.69) is 10.3 Å². The van der Waals surface area contributed by atoms with Crippen molar-refractivity contribution in [1.82, 2.24) is 10.3 Å². The van der Waals surface area contributed by atoms with Crippen LogP contribution in [0.1, 0.15) is 22.3 Å². The summed E-state index contributed by atoms with van der Waals surface area (Å²) in [7, 11) is 0. The van der Waals surface area contributed by atoms with E-state index in [-0.39, 0.29) is 5.56 Å². The number of nitrogens with zero attached hydrogens (tertiary/aromatic N) is 1. The second kappa shape index (κ2) is 8.11. The molecule has 0 spiro atoms. The van der Waals surface area contributed by atoms with Gasteiger partial charge in [-0.25, -0.2) is 4.98 Å².